The molecular weight excluding hydrogens is 415 g/mol. The van der Waals surface area contributed by atoms with Gasteiger partial charge in [-0.05, 0) is 51.1 Å². The molecule has 1 aliphatic rings. The Morgan fingerprint density at radius 2 is 1.77 bits per heavy atom. The number of hydrogen-bond acceptors (Lipinski definition) is 3. The molecule has 0 radical (unpaired) electrons. The Labute approximate surface area is 177 Å². The minimum atomic E-state index is -4.54. The van der Waals surface area contributed by atoms with Gasteiger partial charge in [0.15, 0.2) is 0 Å². The molecule has 4 rings (SSSR count). The predicted octanol–water partition coefficient (Wildman–Crippen LogP) is 5.86. The van der Waals surface area contributed by atoms with Gasteiger partial charge in [0.1, 0.15) is 5.82 Å². The number of rotatable bonds is 2. The van der Waals surface area contributed by atoms with Crippen molar-refractivity contribution < 1.29 is 17.9 Å². The molecule has 158 valence electrons. The lowest BCUT2D eigenvalue weighted by Crippen LogP contribution is -2.15. The normalized spacial score (nSPS) is 17.0. The molecule has 1 atom stereocenters. The molecule has 0 bridgehead atoms. The van der Waals surface area contributed by atoms with Crippen molar-refractivity contribution in [2.24, 2.45) is 0 Å². The second-order valence-electron chi connectivity index (χ2n) is 7.60. The number of hydrogen-bond donors (Lipinski definition) is 0. The average Bonchev–Trinajstić information content (AvgIpc) is 2.87. The lowest BCUT2D eigenvalue weighted by Gasteiger charge is -2.14. The van der Waals surface area contributed by atoms with E-state index in [-0.39, 0.29) is 11.1 Å². The summed E-state index contributed by atoms with van der Waals surface area (Å²) in [6.07, 6.45) is -4.01. The Morgan fingerprint density at radius 3 is 2.43 bits per heavy atom. The maximum Gasteiger partial charge on any atom is 0.417 e. The highest BCUT2D eigenvalue weighted by atomic mass is 35.5. The molecule has 0 spiro atoms. The summed E-state index contributed by atoms with van der Waals surface area (Å²) < 4.78 is 48.1. The molecule has 0 aliphatic carbocycles. The second-order valence-corrected chi connectivity index (χ2v) is 8.01. The monoisotopic (exact) mass is 435 g/mol. The smallest absolute Gasteiger partial charge is 0.376 e. The number of aryl methyl sites for hydroxylation is 2. The fourth-order valence-electron chi connectivity index (χ4n) is 3.91. The zero-order valence-corrected chi connectivity index (χ0v) is 17.6. The predicted molar refractivity (Wildman–Crippen MR) is 109 cm³/mol. The Bertz CT molecular complexity index is 1090. The van der Waals surface area contributed by atoms with Crippen LogP contribution in [0.5, 0.6) is 0 Å². The summed E-state index contributed by atoms with van der Waals surface area (Å²) >= 11 is 5.82. The summed E-state index contributed by atoms with van der Waals surface area (Å²) in [7, 11) is 0. The van der Waals surface area contributed by atoms with Crippen LogP contribution in [0.25, 0.3) is 22.6 Å². The molecule has 2 aromatic heterocycles. The van der Waals surface area contributed by atoms with Crippen LogP contribution in [0.2, 0.25) is 5.02 Å². The van der Waals surface area contributed by atoms with Crippen molar-refractivity contribution in [1.29, 1.82) is 0 Å². The van der Waals surface area contributed by atoms with E-state index >= 15 is 0 Å². The van der Waals surface area contributed by atoms with Crippen LogP contribution in [0.15, 0.2) is 30.3 Å². The number of nitrogens with zero attached hydrogens (tertiary/aromatic N) is 3. The van der Waals surface area contributed by atoms with E-state index < -0.39 is 11.7 Å². The van der Waals surface area contributed by atoms with Gasteiger partial charge in [0.2, 0.25) is 0 Å². The highest BCUT2D eigenvalue weighted by Gasteiger charge is 2.34. The van der Waals surface area contributed by atoms with Gasteiger partial charge < -0.3 is 9.30 Å². The maximum absolute atomic E-state index is 13.4. The van der Waals surface area contributed by atoms with Gasteiger partial charge in [-0.3, -0.25) is 4.98 Å². The van der Waals surface area contributed by atoms with Crippen molar-refractivity contribution in [3.8, 4) is 22.6 Å². The van der Waals surface area contributed by atoms with Crippen LogP contribution < -0.4 is 0 Å². The van der Waals surface area contributed by atoms with Crippen LogP contribution in [-0.4, -0.2) is 27.2 Å². The fourth-order valence-corrected chi connectivity index (χ4v) is 4.13. The first-order valence-electron chi connectivity index (χ1n) is 9.67. The first kappa shape index (κ1) is 20.9. The van der Waals surface area contributed by atoms with Gasteiger partial charge in [0.05, 0.1) is 35.5 Å². The van der Waals surface area contributed by atoms with Crippen molar-refractivity contribution in [3.63, 3.8) is 0 Å². The van der Waals surface area contributed by atoms with E-state index in [9.17, 15) is 13.2 Å². The highest BCUT2D eigenvalue weighted by Crippen LogP contribution is 2.38. The van der Waals surface area contributed by atoms with Gasteiger partial charge in [-0.25, -0.2) is 4.98 Å². The second kappa shape index (κ2) is 7.71. The van der Waals surface area contributed by atoms with Crippen molar-refractivity contribution >= 4 is 11.6 Å². The molecule has 1 aromatic carbocycles. The minimum Gasteiger partial charge on any atom is -0.376 e. The Kier molecular flexibility index (Phi) is 5.36. The molecule has 1 aliphatic heterocycles. The van der Waals surface area contributed by atoms with Gasteiger partial charge >= 0.3 is 6.18 Å². The lowest BCUT2D eigenvalue weighted by atomic mass is 10.1. The van der Waals surface area contributed by atoms with Crippen molar-refractivity contribution in [2.75, 3.05) is 6.61 Å². The van der Waals surface area contributed by atoms with Crippen LogP contribution in [-0.2, 0) is 23.9 Å². The largest absolute Gasteiger partial charge is 0.417 e. The van der Waals surface area contributed by atoms with E-state index in [1.807, 2.05) is 37.5 Å². The molecule has 30 heavy (non-hydrogen) atoms. The third kappa shape index (κ3) is 3.96. The topological polar surface area (TPSA) is 39.9 Å². The first-order chi connectivity index (χ1) is 14.1. The molecule has 3 aromatic rings. The van der Waals surface area contributed by atoms with Crippen LogP contribution in [0, 0.1) is 13.8 Å². The van der Waals surface area contributed by atoms with Gasteiger partial charge in [-0.2, -0.15) is 13.2 Å². The summed E-state index contributed by atoms with van der Waals surface area (Å²) in [6.45, 7) is 6.79. The van der Waals surface area contributed by atoms with Gasteiger partial charge in [-0.1, -0.05) is 11.6 Å². The standard InChI is InChI=1S/C22H21ClF3N3O/c1-12-8-16(9-13(2)27-12)20-19-6-7-30-14(3)11-29(19)21(28-20)15-4-5-18(23)17(10-15)22(24,25)26/h4-5,8-10,14H,6-7,11H2,1-3H3/t14-/m1/s1. The van der Waals surface area contributed by atoms with Crippen LogP contribution in [0.3, 0.4) is 0 Å². The van der Waals surface area contributed by atoms with E-state index in [2.05, 4.69) is 4.98 Å². The fraction of sp³-hybridized carbons (Fsp3) is 0.364. The number of alkyl halides is 3. The van der Waals surface area contributed by atoms with Crippen molar-refractivity contribution in [1.82, 2.24) is 14.5 Å². The Morgan fingerprint density at radius 1 is 1.07 bits per heavy atom. The number of imidazole rings is 1. The van der Waals surface area contributed by atoms with Crippen LogP contribution in [0.1, 0.15) is 29.6 Å². The molecule has 0 saturated heterocycles. The Balaban J connectivity index is 1.94. The van der Waals surface area contributed by atoms with Crippen LogP contribution >= 0.6 is 11.6 Å². The highest BCUT2D eigenvalue weighted by molar-refractivity contribution is 6.31. The summed E-state index contributed by atoms with van der Waals surface area (Å²) in [6, 6.07) is 7.81. The summed E-state index contributed by atoms with van der Waals surface area (Å²) in [5.74, 6) is 0.478. The number of benzene rings is 1. The molecule has 0 saturated carbocycles. The maximum atomic E-state index is 13.4. The van der Waals surface area contributed by atoms with E-state index in [0.717, 1.165) is 34.4 Å². The number of aromatic nitrogens is 3. The molecule has 0 fully saturated rings. The number of ether oxygens (including phenoxy) is 1. The van der Waals surface area contributed by atoms with E-state index in [1.54, 1.807) is 6.07 Å². The van der Waals surface area contributed by atoms with Crippen LogP contribution in [0.4, 0.5) is 13.2 Å². The molecule has 3 heterocycles. The average molecular weight is 436 g/mol. The number of halogens is 4. The van der Waals surface area contributed by atoms with Gasteiger partial charge in [-0.15, -0.1) is 0 Å². The zero-order valence-electron chi connectivity index (χ0n) is 16.8. The van der Waals surface area contributed by atoms with Gasteiger partial charge in [0.25, 0.3) is 0 Å². The summed E-state index contributed by atoms with van der Waals surface area (Å²) in [5, 5.41) is -0.328. The first-order valence-corrected chi connectivity index (χ1v) is 10.0. The number of pyridine rings is 1. The van der Waals surface area contributed by atoms with E-state index in [1.165, 1.54) is 6.07 Å². The van der Waals surface area contributed by atoms with Gasteiger partial charge in [0, 0.05) is 34.6 Å². The van der Waals surface area contributed by atoms with E-state index in [4.69, 9.17) is 21.3 Å². The van der Waals surface area contributed by atoms with E-state index in [0.29, 0.717) is 31.0 Å². The molecule has 0 amide bonds. The molecule has 8 heteroatoms. The summed E-state index contributed by atoms with van der Waals surface area (Å²) in [5.41, 5.74) is 3.82. The molecule has 0 unspecified atom stereocenters. The molecule has 0 N–H and O–H groups in total. The Hall–Kier alpha value is -2.38. The zero-order chi connectivity index (χ0) is 21.6. The third-order valence-electron chi connectivity index (χ3n) is 5.14. The lowest BCUT2D eigenvalue weighted by molar-refractivity contribution is -0.137. The minimum absolute atomic E-state index is 0.0812. The summed E-state index contributed by atoms with van der Waals surface area (Å²) in [4.78, 5) is 9.23. The quantitative estimate of drug-likeness (QED) is 0.506. The van der Waals surface area contributed by atoms with Crippen molar-refractivity contribution in [3.05, 3.63) is 58.0 Å². The molecule has 4 nitrogen and oxygen atoms in total. The number of fused-ring (bicyclic) bond motifs is 1. The van der Waals surface area contributed by atoms with Crippen molar-refractivity contribution in [2.45, 2.75) is 46.0 Å². The third-order valence-corrected chi connectivity index (χ3v) is 5.47. The molecular formula is C22H21ClF3N3O. The SMILES string of the molecule is Cc1cc(-c2nc(-c3ccc(Cl)c(C(F)(F)F)c3)n3c2CCO[C@H](C)C3)cc(C)n1.